The first kappa shape index (κ1) is 26.0. The van der Waals surface area contributed by atoms with E-state index < -0.39 is 53.7 Å². The molecule has 11 heteroatoms. The number of hydrogen-bond donors (Lipinski definition) is 3. The van der Waals surface area contributed by atoms with E-state index in [9.17, 15) is 23.6 Å². The summed E-state index contributed by atoms with van der Waals surface area (Å²) in [6.07, 6.45) is 0.501. The van der Waals surface area contributed by atoms with Gasteiger partial charge in [-0.3, -0.25) is 14.5 Å². The van der Waals surface area contributed by atoms with Gasteiger partial charge in [0.05, 0.1) is 24.6 Å². The number of carboxylic acids is 1. The number of benzene rings is 2. The number of carboxylic acid groups (broad SMARTS) is 1. The first-order valence-electron chi connectivity index (χ1n) is 10.9. The molecule has 186 valence electrons. The standard InChI is InChI=1S/C24H25ClFN3O6/c1-3-19(13-4-6-17(23(32)33)18(26)10-13)28-24(34)29-12-21(30)27-11-15(22(29)31)8-14-9-16(25)5-7-20(14)35-2/h4-7,9-10,15,19H,3,8,11-12H2,1-2H3,(H,27,30)(H,28,34)(H,32,33)/t15-,19?/m1/s1. The number of methoxy groups -OCH3 is 1. The zero-order chi connectivity index (χ0) is 25.7. The van der Waals surface area contributed by atoms with Crippen molar-refractivity contribution in [3.63, 3.8) is 0 Å². The van der Waals surface area contributed by atoms with Gasteiger partial charge in [-0.15, -0.1) is 0 Å². The molecule has 35 heavy (non-hydrogen) atoms. The van der Waals surface area contributed by atoms with Crippen LogP contribution in [0.5, 0.6) is 5.75 Å². The molecule has 4 amide bonds. The highest BCUT2D eigenvalue weighted by Gasteiger charge is 2.35. The van der Waals surface area contributed by atoms with Gasteiger partial charge in [0.15, 0.2) is 0 Å². The van der Waals surface area contributed by atoms with Crippen LogP contribution in [0.25, 0.3) is 0 Å². The molecule has 3 rings (SSSR count). The number of amides is 4. The van der Waals surface area contributed by atoms with E-state index in [0.29, 0.717) is 28.3 Å². The number of urea groups is 1. The highest BCUT2D eigenvalue weighted by molar-refractivity contribution is 6.30. The second-order valence-electron chi connectivity index (χ2n) is 8.04. The quantitative estimate of drug-likeness (QED) is 0.531. The predicted molar refractivity (Wildman–Crippen MR) is 125 cm³/mol. The molecular weight excluding hydrogens is 481 g/mol. The molecular formula is C24H25ClFN3O6. The van der Waals surface area contributed by atoms with Gasteiger partial charge in [0.2, 0.25) is 11.8 Å². The Kier molecular flexibility index (Phi) is 8.29. The Morgan fingerprint density at radius 2 is 2.03 bits per heavy atom. The number of carbonyl (C=O) groups is 4. The predicted octanol–water partition coefficient (Wildman–Crippen LogP) is 3.16. The van der Waals surface area contributed by atoms with Crippen LogP contribution in [0.2, 0.25) is 5.02 Å². The average molecular weight is 506 g/mol. The molecule has 1 unspecified atom stereocenters. The van der Waals surface area contributed by atoms with Crippen molar-refractivity contribution in [1.29, 1.82) is 0 Å². The molecule has 1 saturated heterocycles. The lowest BCUT2D eigenvalue weighted by atomic mass is 9.97. The molecule has 0 radical (unpaired) electrons. The Bertz CT molecular complexity index is 1160. The van der Waals surface area contributed by atoms with Crippen LogP contribution in [0.4, 0.5) is 9.18 Å². The van der Waals surface area contributed by atoms with Crippen molar-refractivity contribution in [3.8, 4) is 5.75 Å². The summed E-state index contributed by atoms with van der Waals surface area (Å²) in [7, 11) is 1.49. The number of nitrogens with one attached hydrogen (secondary N) is 2. The number of ether oxygens (including phenoxy) is 1. The normalized spacial score (nSPS) is 16.8. The van der Waals surface area contributed by atoms with Crippen LogP contribution in [-0.2, 0) is 16.0 Å². The van der Waals surface area contributed by atoms with Gasteiger partial charge in [-0.2, -0.15) is 0 Å². The summed E-state index contributed by atoms with van der Waals surface area (Å²) in [5.41, 5.74) is 0.485. The van der Waals surface area contributed by atoms with Crippen molar-refractivity contribution in [2.24, 2.45) is 5.92 Å². The van der Waals surface area contributed by atoms with Crippen LogP contribution in [0.1, 0.15) is 40.9 Å². The molecule has 1 heterocycles. The summed E-state index contributed by atoms with van der Waals surface area (Å²) in [4.78, 5) is 50.5. The molecule has 1 aliphatic heterocycles. The first-order chi connectivity index (χ1) is 16.6. The molecule has 2 atom stereocenters. The van der Waals surface area contributed by atoms with Gasteiger partial charge in [0.1, 0.15) is 18.1 Å². The van der Waals surface area contributed by atoms with Crippen molar-refractivity contribution in [1.82, 2.24) is 15.5 Å². The molecule has 0 aliphatic carbocycles. The van der Waals surface area contributed by atoms with Gasteiger partial charge in [-0.25, -0.2) is 14.0 Å². The van der Waals surface area contributed by atoms with Crippen LogP contribution >= 0.6 is 11.6 Å². The zero-order valence-corrected chi connectivity index (χ0v) is 19.9. The lowest BCUT2D eigenvalue weighted by Gasteiger charge is -2.25. The number of imide groups is 1. The number of rotatable bonds is 7. The SMILES string of the molecule is CCC(NC(=O)N1CC(=O)NC[C@@H](Cc2cc(Cl)ccc2OC)C1=O)c1ccc(C(=O)O)c(F)c1. The first-order valence-corrected chi connectivity index (χ1v) is 11.3. The van der Waals surface area contributed by atoms with E-state index in [0.717, 1.165) is 17.0 Å². The minimum atomic E-state index is -1.41. The molecule has 2 aromatic rings. The number of halogens is 2. The van der Waals surface area contributed by atoms with Gasteiger partial charge < -0.3 is 20.5 Å². The fraction of sp³-hybridized carbons (Fsp3) is 0.333. The smallest absolute Gasteiger partial charge is 0.338 e. The second kappa shape index (κ2) is 11.2. The van der Waals surface area contributed by atoms with E-state index >= 15 is 0 Å². The van der Waals surface area contributed by atoms with Gasteiger partial charge in [0.25, 0.3) is 0 Å². The summed E-state index contributed by atoms with van der Waals surface area (Å²) in [5.74, 6) is -3.65. The van der Waals surface area contributed by atoms with Gasteiger partial charge in [-0.1, -0.05) is 24.6 Å². The Morgan fingerprint density at radius 3 is 2.66 bits per heavy atom. The van der Waals surface area contributed by atoms with Gasteiger partial charge in [-0.05, 0) is 54.3 Å². The third kappa shape index (κ3) is 6.07. The monoisotopic (exact) mass is 505 g/mol. The van der Waals surface area contributed by atoms with E-state index in [1.54, 1.807) is 25.1 Å². The fourth-order valence-electron chi connectivity index (χ4n) is 3.90. The molecule has 0 spiro atoms. The maximum Gasteiger partial charge on any atom is 0.338 e. The summed E-state index contributed by atoms with van der Waals surface area (Å²) >= 11 is 6.09. The maximum atomic E-state index is 14.2. The fourth-order valence-corrected chi connectivity index (χ4v) is 4.09. The molecule has 9 nitrogen and oxygen atoms in total. The van der Waals surface area contributed by atoms with E-state index in [4.69, 9.17) is 21.4 Å². The Labute approximate surface area is 206 Å². The summed E-state index contributed by atoms with van der Waals surface area (Å²) in [6.45, 7) is 1.28. The molecule has 3 N–H and O–H groups in total. The number of nitrogens with zero attached hydrogens (tertiary/aromatic N) is 1. The molecule has 1 aliphatic rings. The molecule has 0 bridgehead atoms. The van der Waals surface area contributed by atoms with E-state index in [2.05, 4.69) is 10.6 Å². The number of aromatic carboxylic acids is 1. The molecule has 0 aromatic heterocycles. The highest BCUT2D eigenvalue weighted by atomic mass is 35.5. The topological polar surface area (TPSA) is 125 Å². The summed E-state index contributed by atoms with van der Waals surface area (Å²) in [6, 6.07) is 6.98. The summed E-state index contributed by atoms with van der Waals surface area (Å²) < 4.78 is 19.5. The van der Waals surface area contributed by atoms with Crippen LogP contribution < -0.4 is 15.4 Å². The van der Waals surface area contributed by atoms with Crippen molar-refractivity contribution in [2.75, 3.05) is 20.2 Å². The molecule has 0 saturated carbocycles. The highest BCUT2D eigenvalue weighted by Crippen LogP contribution is 2.27. The van der Waals surface area contributed by atoms with Gasteiger partial charge in [0, 0.05) is 11.6 Å². The van der Waals surface area contributed by atoms with Crippen LogP contribution in [0.3, 0.4) is 0 Å². The largest absolute Gasteiger partial charge is 0.496 e. The minimum Gasteiger partial charge on any atom is -0.496 e. The number of carbonyl (C=O) groups excluding carboxylic acids is 3. The van der Waals surface area contributed by atoms with Crippen molar-refractivity contribution >= 4 is 35.4 Å². The van der Waals surface area contributed by atoms with Crippen molar-refractivity contribution < 1.29 is 33.4 Å². The van der Waals surface area contributed by atoms with Crippen molar-refractivity contribution in [3.05, 3.63) is 63.9 Å². The van der Waals surface area contributed by atoms with E-state index in [1.807, 2.05) is 0 Å². The molecule has 1 fully saturated rings. The minimum absolute atomic E-state index is 0.0240. The maximum absolute atomic E-state index is 14.2. The number of hydrogen-bond acceptors (Lipinski definition) is 5. The van der Waals surface area contributed by atoms with E-state index in [1.165, 1.54) is 13.2 Å². The van der Waals surface area contributed by atoms with Crippen molar-refractivity contribution in [2.45, 2.75) is 25.8 Å². The van der Waals surface area contributed by atoms with Gasteiger partial charge >= 0.3 is 12.0 Å². The second-order valence-corrected chi connectivity index (χ2v) is 8.48. The lowest BCUT2D eigenvalue weighted by Crippen LogP contribution is -2.48. The summed E-state index contributed by atoms with van der Waals surface area (Å²) in [5, 5.41) is 14.8. The third-order valence-electron chi connectivity index (χ3n) is 5.75. The Balaban J connectivity index is 1.81. The Morgan fingerprint density at radius 1 is 1.29 bits per heavy atom. The molecule has 2 aromatic carbocycles. The lowest BCUT2D eigenvalue weighted by molar-refractivity contribution is -0.133. The van der Waals surface area contributed by atoms with Crippen LogP contribution in [0, 0.1) is 11.7 Å². The van der Waals surface area contributed by atoms with E-state index in [-0.39, 0.29) is 13.0 Å². The zero-order valence-electron chi connectivity index (χ0n) is 19.1. The van der Waals surface area contributed by atoms with Crippen LogP contribution in [0.15, 0.2) is 36.4 Å². The Hall–Kier alpha value is -3.66. The average Bonchev–Trinajstić information content (AvgIpc) is 2.96. The van der Waals surface area contributed by atoms with Crippen LogP contribution in [-0.4, -0.2) is 54.0 Å². The third-order valence-corrected chi connectivity index (χ3v) is 5.98.